The third-order valence-electron chi connectivity index (χ3n) is 3.89. The molecule has 0 atom stereocenters. The maximum atomic E-state index is 5.61. The normalized spacial score (nSPS) is 22.5. The van der Waals surface area contributed by atoms with E-state index in [9.17, 15) is 0 Å². The van der Waals surface area contributed by atoms with Crippen molar-refractivity contribution in [3.05, 3.63) is 0 Å². The Kier molecular flexibility index (Phi) is 6.41. The van der Waals surface area contributed by atoms with Gasteiger partial charge in [-0.05, 0) is 38.8 Å². The van der Waals surface area contributed by atoms with E-state index in [1.54, 1.807) is 0 Å². The van der Waals surface area contributed by atoms with E-state index >= 15 is 0 Å². The molecule has 2 rings (SSSR count). The number of nitrogens with one attached hydrogen (secondary N) is 1. The molecule has 1 aliphatic heterocycles. The molecule has 0 amide bonds. The molecule has 0 aromatic carbocycles. The van der Waals surface area contributed by atoms with Crippen LogP contribution < -0.4 is 5.32 Å². The van der Waals surface area contributed by atoms with Crippen LogP contribution in [0, 0.1) is 5.92 Å². The first-order valence-corrected chi connectivity index (χ1v) is 7.54. The highest BCUT2D eigenvalue weighted by Gasteiger charge is 2.20. The average molecular weight is 255 g/mol. The van der Waals surface area contributed by atoms with Gasteiger partial charge in [0.15, 0.2) is 0 Å². The Morgan fingerprint density at radius 3 is 2.61 bits per heavy atom. The third kappa shape index (κ3) is 6.14. The standard InChI is InChI=1S/C14H29N3O/c1-16-8-10-17(11-9-16)7-6-15-5-2-12-18-13-14-3-4-14/h14-15H,2-13H2,1H3. The molecule has 1 heterocycles. The van der Waals surface area contributed by atoms with E-state index in [2.05, 4.69) is 22.2 Å². The summed E-state index contributed by atoms with van der Waals surface area (Å²) >= 11 is 0. The summed E-state index contributed by atoms with van der Waals surface area (Å²) in [5.74, 6) is 0.898. The minimum Gasteiger partial charge on any atom is -0.381 e. The first-order valence-electron chi connectivity index (χ1n) is 7.54. The van der Waals surface area contributed by atoms with Gasteiger partial charge in [-0.3, -0.25) is 4.90 Å². The van der Waals surface area contributed by atoms with E-state index in [0.717, 1.165) is 38.6 Å². The fourth-order valence-corrected chi connectivity index (χ4v) is 2.27. The van der Waals surface area contributed by atoms with Gasteiger partial charge in [0.25, 0.3) is 0 Å². The van der Waals surface area contributed by atoms with Gasteiger partial charge in [0.2, 0.25) is 0 Å². The molecule has 0 unspecified atom stereocenters. The van der Waals surface area contributed by atoms with Crippen molar-refractivity contribution >= 4 is 0 Å². The topological polar surface area (TPSA) is 27.7 Å². The van der Waals surface area contributed by atoms with E-state index < -0.39 is 0 Å². The Balaban J connectivity index is 1.32. The van der Waals surface area contributed by atoms with Crippen molar-refractivity contribution in [2.75, 3.05) is 66.1 Å². The lowest BCUT2D eigenvalue weighted by atomic mass is 10.3. The quantitative estimate of drug-likeness (QED) is 0.612. The van der Waals surface area contributed by atoms with Crippen LogP contribution in [0.3, 0.4) is 0 Å². The summed E-state index contributed by atoms with van der Waals surface area (Å²) in [6.07, 6.45) is 3.93. The van der Waals surface area contributed by atoms with Crippen LogP contribution in [-0.4, -0.2) is 75.9 Å². The molecule has 0 aromatic heterocycles. The fourth-order valence-electron chi connectivity index (χ4n) is 2.27. The number of piperazine rings is 1. The number of hydrogen-bond acceptors (Lipinski definition) is 4. The second-order valence-corrected chi connectivity index (χ2v) is 5.77. The number of likely N-dealkylation sites (N-methyl/N-ethyl adjacent to an activating group) is 1. The summed E-state index contributed by atoms with van der Waals surface area (Å²) in [6, 6.07) is 0. The Bertz CT molecular complexity index is 213. The Morgan fingerprint density at radius 2 is 1.89 bits per heavy atom. The predicted octanol–water partition coefficient (Wildman–Crippen LogP) is 0.640. The smallest absolute Gasteiger partial charge is 0.0494 e. The van der Waals surface area contributed by atoms with Gasteiger partial charge in [0, 0.05) is 52.5 Å². The lowest BCUT2D eigenvalue weighted by Crippen LogP contribution is -2.46. The molecule has 4 nitrogen and oxygen atoms in total. The Hall–Kier alpha value is -0.160. The van der Waals surface area contributed by atoms with E-state index in [1.807, 2.05) is 0 Å². The predicted molar refractivity (Wildman–Crippen MR) is 75.0 cm³/mol. The highest BCUT2D eigenvalue weighted by atomic mass is 16.5. The van der Waals surface area contributed by atoms with Crippen molar-refractivity contribution in [1.29, 1.82) is 0 Å². The SMILES string of the molecule is CN1CCN(CCNCCCOCC2CC2)CC1. The zero-order chi connectivity index (χ0) is 12.6. The molecule has 1 N–H and O–H groups in total. The Labute approximate surface area is 112 Å². The summed E-state index contributed by atoms with van der Waals surface area (Å²) in [4.78, 5) is 4.96. The van der Waals surface area contributed by atoms with Gasteiger partial charge in [-0.1, -0.05) is 0 Å². The minimum atomic E-state index is 0.898. The van der Waals surface area contributed by atoms with Crippen LogP contribution in [-0.2, 0) is 4.74 Å². The zero-order valence-corrected chi connectivity index (χ0v) is 11.9. The summed E-state index contributed by atoms with van der Waals surface area (Å²) < 4.78 is 5.61. The van der Waals surface area contributed by atoms with Crippen LogP contribution in [0.2, 0.25) is 0 Å². The van der Waals surface area contributed by atoms with Gasteiger partial charge in [0.1, 0.15) is 0 Å². The molecular weight excluding hydrogens is 226 g/mol. The van der Waals surface area contributed by atoms with Gasteiger partial charge in [0.05, 0.1) is 0 Å². The third-order valence-corrected chi connectivity index (χ3v) is 3.89. The highest BCUT2D eigenvalue weighted by molar-refractivity contribution is 4.72. The van der Waals surface area contributed by atoms with E-state index in [0.29, 0.717) is 0 Å². The van der Waals surface area contributed by atoms with Crippen molar-refractivity contribution in [2.45, 2.75) is 19.3 Å². The van der Waals surface area contributed by atoms with Gasteiger partial charge in [-0.2, -0.15) is 0 Å². The van der Waals surface area contributed by atoms with Gasteiger partial charge >= 0.3 is 0 Å². The summed E-state index contributed by atoms with van der Waals surface area (Å²) in [7, 11) is 2.21. The maximum Gasteiger partial charge on any atom is 0.0494 e. The molecule has 106 valence electrons. The molecule has 0 bridgehead atoms. The molecule has 1 aliphatic carbocycles. The van der Waals surface area contributed by atoms with Crippen LogP contribution in [0.5, 0.6) is 0 Å². The molecular formula is C14H29N3O. The molecule has 1 saturated carbocycles. The van der Waals surface area contributed by atoms with Gasteiger partial charge in [-0.15, -0.1) is 0 Å². The highest BCUT2D eigenvalue weighted by Crippen LogP contribution is 2.28. The molecule has 4 heteroatoms. The van der Waals surface area contributed by atoms with Crippen LogP contribution in [0.15, 0.2) is 0 Å². The lowest BCUT2D eigenvalue weighted by Gasteiger charge is -2.32. The summed E-state index contributed by atoms with van der Waals surface area (Å²) in [6.45, 7) is 10.2. The van der Waals surface area contributed by atoms with Crippen molar-refractivity contribution in [3.63, 3.8) is 0 Å². The number of hydrogen-bond donors (Lipinski definition) is 1. The van der Waals surface area contributed by atoms with Crippen LogP contribution >= 0.6 is 0 Å². The number of ether oxygens (including phenoxy) is 1. The van der Waals surface area contributed by atoms with Gasteiger partial charge in [-0.25, -0.2) is 0 Å². The summed E-state index contributed by atoms with van der Waals surface area (Å²) in [5, 5.41) is 3.51. The largest absolute Gasteiger partial charge is 0.381 e. The number of rotatable bonds is 9. The van der Waals surface area contributed by atoms with E-state index in [-0.39, 0.29) is 0 Å². The van der Waals surface area contributed by atoms with Crippen molar-refractivity contribution < 1.29 is 4.74 Å². The van der Waals surface area contributed by atoms with Crippen molar-refractivity contribution in [2.24, 2.45) is 5.92 Å². The van der Waals surface area contributed by atoms with E-state index in [4.69, 9.17) is 4.74 Å². The first-order chi connectivity index (χ1) is 8.84. The van der Waals surface area contributed by atoms with E-state index in [1.165, 1.54) is 45.6 Å². The average Bonchev–Trinajstić information content (AvgIpc) is 3.19. The molecule has 1 saturated heterocycles. The van der Waals surface area contributed by atoms with Crippen molar-refractivity contribution in [1.82, 2.24) is 15.1 Å². The minimum absolute atomic E-state index is 0.898. The molecule has 0 radical (unpaired) electrons. The van der Waals surface area contributed by atoms with Gasteiger partial charge < -0.3 is 15.0 Å². The summed E-state index contributed by atoms with van der Waals surface area (Å²) in [5.41, 5.74) is 0. The molecule has 2 aliphatic rings. The second-order valence-electron chi connectivity index (χ2n) is 5.77. The Morgan fingerprint density at radius 1 is 1.11 bits per heavy atom. The lowest BCUT2D eigenvalue weighted by molar-refractivity contribution is 0.121. The first kappa shape index (κ1) is 14.3. The molecule has 0 aromatic rings. The van der Waals surface area contributed by atoms with Crippen LogP contribution in [0.4, 0.5) is 0 Å². The van der Waals surface area contributed by atoms with Crippen LogP contribution in [0.25, 0.3) is 0 Å². The molecule has 0 spiro atoms. The van der Waals surface area contributed by atoms with Crippen LogP contribution in [0.1, 0.15) is 19.3 Å². The number of nitrogens with zero attached hydrogens (tertiary/aromatic N) is 2. The zero-order valence-electron chi connectivity index (χ0n) is 11.9. The molecule has 18 heavy (non-hydrogen) atoms. The molecule has 2 fully saturated rings. The maximum absolute atomic E-state index is 5.61. The van der Waals surface area contributed by atoms with Crippen molar-refractivity contribution in [3.8, 4) is 0 Å². The monoisotopic (exact) mass is 255 g/mol. The fraction of sp³-hybridized carbons (Fsp3) is 1.00. The second kappa shape index (κ2) is 8.10.